The number of para-hydroxylation sites is 2. The van der Waals surface area contributed by atoms with Gasteiger partial charge in [0.25, 0.3) is 0 Å². The Hall–Kier alpha value is -2.69. The van der Waals surface area contributed by atoms with E-state index in [1.165, 1.54) is 0 Å². The standard InChI is InChI=1S/C25H33NO4/c1-5-28-21-15-9-10-16-22(21)29-23(19-12-7-6-8-13-19)20-14-11-17-26(18-20)24(27)30-25(2,3)4/h6-10,12-13,15-16,20,23H,5,11,14,17-18H2,1-4H3/t20-,23-/m0/s1. The van der Waals surface area contributed by atoms with Gasteiger partial charge < -0.3 is 19.1 Å². The van der Waals surface area contributed by atoms with Crippen LogP contribution in [-0.2, 0) is 4.74 Å². The molecule has 1 amide bonds. The van der Waals surface area contributed by atoms with Crippen molar-refractivity contribution in [2.75, 3.05) is 19.7 Å². The molecule has 3 rings (SSSR count). The van der Waals surface area contributed by atoms with E-state index in [0.717, 1.165) is 29.9 Å². The fourth-order valence-corrected chi connectivity index (χ4v) is 3.79. The van der Waals surface area contributed by atoms with Crippen LogP contribution in [0, 0.1) is 5.92 Å². The van der Waals surface area contributed by atoms with E-state index in [0.29, 0.717) is 19.7 Å². The van der Waals surface area contributed by atoms with E-state index in [2.05, 4.69) is 12.1 Å². The lowest BCUT2D eigenvalue weighted by Gasteiger charge is -2.37. The first-order valence-electron chi connectivity index (χ1n) is 10.8. The summed E-state index contributed by atoms with van der Waals surface area (Å²) >= 11 is 0. The van der Waals surface area contributed by atoms with Crippen LogP contribution >= 0.6 is 0 Å². The van der Waals surface area contributed by atoms with Gasteiger partial charge in [0.2, 0.25) is 0 Å². The molecule has 0 aliphatic carbocycles. The van der Waals surface area contributed by atoms with Crippen LogP contribution in [0.15, 0.2) is 54.6 Å². The van der Waals surface area contributed by atoms with Crippen molar-refractivity contribution in [3.8, 4) is 11.5 Å². The molecule has 2 atom stereocenters. The minimum atomic E-state index is -0.504. The minimum absolute atomic E-state index is 0.156. The number of hydrogen-bond donors (Lipinski definition) is 0. The molecule has 0 saturated carbocycles. The predicted molar refractivity (Wildman–Crippen MR) is 118 cm³/mol. The normalized spacial score (nSPS) is 17.9. The molecule has 1 saturated heterocycles. The second-order valence-electron chi connectivity index (χ2n) is 8.66. The minimum Gasteiger partial charge on any atom is -0.490 e. The zero-order chi connectivity index (χ0) is 21.6. The van der Waals surface area contributed by atoms with Gasteiger partial charge in [-0.3, -0.25) is 0 Å². The van der Waals surface area contributed by atoms with Crippen molar-refractivity contribution in [2.24, 2.45) is 5.92 Å². The Labute approximate surface area is 179 Å². The Morgan fingerprint density at radius 3 is 2.40 bits per heavy atom. The highest BCUT2D eigenvalue weighted by Gasteiger charge is 2.34. The molecule has 162 valence electrons. The fourth-order valence-electron chi connectivity index (χ4n) is 3.79. The summed E-state index contributed by atoms with van der Waals surface area (Å²) in [6, 6.07) is 18.0. The second kappa shape index (κ2) is 9.88. The fraction of sp³-hybridized carbons (Fsp3) is 0.480. The van der Waals surface area contributed by atoms with Gasteiger partial charge in [-0.25, -0.2) is 4.79 Å². The summed E-state index contributed by atoms with van der Waals surface area (Å²) in [4.78, 5) is 14.5. The first kappa shape index (κ1) is 22.0. The van der Waals surface area contributed by atoms with E-state index < -0.39 is 5.60 Å². The van der Waals surface area contributed by atoms with E-state index >= 15 is 0 Å². The van der Waals surface area contributed by atoms with Gasteiger partial charge in [-0.15, -0.1) is 0 Å². The van der Waals surface area contributed by atoms with Gasteiger partial charge in [0.15, 0.2) is 11.5 Å². The average molecular weight is 412 g/mol. The number of likely N-dealkylation sites (tertiary alicyclic amines) is 1. The van der Waals surface area contributed by atoms with E-state index in [-0.39, 0.29) is 18.1 Å². The first-order valence-corrected chi connectivity index (χ1v) is 10.8. The third-order valence-electron chi connectivity index (χ3n) is 5.07. The molecule has 1 heterocycles. The maximum atomic E-state index is 12.7. The highest BCUT2D eigenvalue weighted by molar-refractivity contribution is 5.68. The van der Waals surface area contributed by atoms with Crippen molar-refractivity contribution < 1.29 is 19.0 Å². The monoisotopic (exact) mass is 411 g/mol. The van der Waals surface area contributed by atoms with E-state index in [1.807, 2.05) is 75.1 Å². The average Bonchev–Trinajstić information content (AvgIpc) is 2.73. The molecule has 2 aromatic rings. The number of benzene rings is 2. The molecule has 5 nitrogen and oxygen atoms in total. The van der Waals surface area contributed by atoms with E-state index in [4.69, 9.17) is 14.2 Å². The van der Waals surface area contributed by atoms with Gasteiger partial charge in [0.05, 0.1) is 6.61 Å². The lowest BCUT2D eigenvalue weighted by molar-refractivity contribution is 0.00553. The molecule has 1 aliphatic heterocycles. The van der Waals surface area contributed by atoms with Crippen molar-refractivity contribution in [1.29, 1.82) is 0 Å². The van der Waals surface area contributed by atoms with Gasteiger partial charge in [-0.05, 0) is 58.2 Å². The molecular formula is C25H33NO4. The molecule has 2 aromatic carbocycles. The molecule has 0 radical (unpaired) electrons. The molecule has 0 N–H and O–H groups in total. The van der Waals surface area contributed by atoms with Gasteiger partial charge in [0.1, 0.15) is 11.7 Å². The van der Waals surface area contributed by atoms with Crippen molar-refractivity contribution in [3.63, 3.8) is 0 Å². The molecule has 5 heteroatoms. The van der Waals surface area contributed by atoms with Crippen LogP contribution in [0.5, 0.6) is 11.5 Å². The molecular weight excluding hydrogens is 378 g/mol. The van der Waals surface area contributed by atoms with Crippen LogP contribution in [0.4, 0.5) is 4.79 Å². The van der Waals surface area contributed by atoms with Crippen molar-refractivity contribution in [1.82, 2.24) is 4.90 Å². The van der Waals surface area contributed by atoms with Crippen molar-refractivity contribution in [2.45, 2.75) is 52.2 Å². The Bertz CT molecular complexity index is 815. The Morgan fingerprint density at radius 1 is 1.07 bits per heavy atom. The molecule has 0 aromatic heterocycles. The number of amides is 1. The number of carbonyl (C=O) groups is 1. The topological polar surface area (TPSA) is 48.0 Å². The van der Waals surface area contributed by atoms with Crippen LogP contribution in [-0.4, -0.2) is 36.3 Å². The van der Waals surface area contributed by atoms with E-state index in [9.17, 15) is 4.79 Å². The summed E-state index contributed by atoms with van der Waals surface area (Å²) in [5, 5.41) is 0. The summed E-state index contributed by atoms with van der Waals surface area (Å²) in [5.74, 6) is 1.62. The summed E-state index contributed by atoms with van der Waals surface area (Å²) in [6.07, 6.45) is 1.46. The van der Waals surface area contributed by atoms with Crippen LogP contribution in [0.3, 0.4) is 0 Å². The smallest absolute Gasteiger partial charge is 0.410 e. The Balaban J connectivity index is 1.83. The summed E-state index contributed by atoms with van der Waals surface area (Å²) in [6.45, 7) is 9.54. The quantitative estimate of drug-likeness (QED) is 0.598. The zero-order valence-corrected chi connectivity index (χ0v) is 18.5. The lowest BCUT2D eigenvalue weighted by Crippen LogP contribution is -2.44. The molecule has 1 aliphatic rings. The largest absolute Gasteiger partial charge is 0.490 e. The summed E-state index contributed by atoms with van der Waals surface area (Å²) in [5.41, 5.74) is 0.593. The Kier molecular flexibility index (Phi) is 7.24. The van der Waals surface area contributed by atoms with Gasteiger partial charge in [0, 0.05) is 19.0 Å². The maximum Gasteiger partial charge on any atom is 0.410 e. The van der Waals surface area contributed by atoms with Crippen LogP contribution < -0.4 is 9.47 Å². The highest BCUT2D eigenvalue weighted by atomic mass is 16.6. The first-order chi connectivity index (χ1) is 14.4. The zero-order valence-electron chi connectivity index (χ0n) is 18.5. The van der Waals surface area contributed by atoms with Gasteiger partial charge in [-0.2, -0.15) is 0 Å². The Morgan fingerprint density at radius 2 is 1.73 bits per heavy atom. The third kappa shape index (κ3) is 5.91. The number of ether oxygens (including phenoxy) is 3. The van der Waals surface area contributed by atoms with Gasteiger partial charge in [-0.1, -0.05) is 42.5 Å². The number of nitrogens with zero attached hydrogens (tertiary/aromatic N) is 1. The molecule has 0 unspecified atom stereocenters. The van der Waals surface area contributed by atoms with Crippen LogP contribution in [0.25, 0.3) is 0 Å². The van der Waals surface area contributed by atoms with Crippen LogP contribution in [0.1, 0.15) is 52.2 Å². The van der Waals surface area contributed by atoms with Crippen LogP contribution in [0.2, 0.25) is 0 Å². The third-order valence-corrected chi connectivity index (χ3v) is 5.07. The number of piperidine rings is 1. The molecule has 0 bridgehead atoms. The lowest BCUT2D eigenvalue weighted by atomic mass is 9.88. The second-order valence-corrected chi connectivity index (χ2v) is 8.66. The maximum absolute atomic E-state index is 12.7. The predicted octanol–water partition coefficient (Wildman–Crippen LogP) is 5.85. The van der Waals surface area contributed by atoms with Crippen molar-refractivity contribution >= 4 is 6.09 Å². The number of carbonyl (C=O) groups excluding carboxylic acids is 1. The number of rotatable bonds is 6. The van der Waals surface area contributed by atoms with Crippen molar-refractivity contribution in [3.05, 3.63) is 60.2 Å². The number of hydrogen-bond acceptors (Lipinski definition) is 4. The van der Waals surface area contributed by atoms with E-state index in [1.54, 1.807) is 0 Å². The van der Waals surface area contributed by atoms with Gasteiger partial charge >= 0.3 is 6.09 Å². The molecule has 30 heavy (non-hydrogen) atoms. The molecule has 1 fully saturated rings. The molecule has 0 spiro atoms. The highest BCUT2D eigenvalue weighted by Crippen LogP contribution is 2.37. The summed E-state index contributed by atoms with van der Waals surface area (Å²) in [7, 11) is 0. The summed E-state index contributed by atoms with van der Waals surface area (Å²) < 4.78 is 17.9. The SMILES string of the molecule is CCOc1ccccc1O[C@@H](c1ccccc1)[C@H]1CCCN(C(=O)OC(C)(C)C)C1.